The Kier molecular flexibility index (Phi) is 4.93. The molecule has 6 heteroatoms. The normalized spacial score (nSPS) is 17.0. The topological polar surface area (TPSA) is 86.7 Å². The predicted octanol–water partition coefficient (Wildman–Crippen LogP) is -0.0217. The van der Waals surface area contributed by atoms with Crippen LogP contribution in [0.15, 0.2) is 0 Å². The number of carboxylic acids is 1. The van der Waals surface area contributed by atoms with E-state index in [1.165, 1.54) is 4.90 Å². The van der Waals surface area contributed by atoms with E-state index in [4.69, 9.17) is 5.11 Å². The largest absolute Gasteiger partial charge is 0.480 e. The van der Waals surface area contributed by atoms with E-state index in [1.54, 1.807) is 0 Å². The SMILES string of the molecule is CCCC(NC(=O)CN1CCCC1=O)C(=O)O. The van der Waals surface area contributed by atoms with E-state index in [0.29, 0.717) is 25.8 Å². The van der Waals surface area contributed by atoms with Crippen molar-refractivity contribution in [1.29, 1.82) is 0 Å². The number of nitrogens with zero attached hydrogens (tertiary/aromatic N) is 1. The second-order valence-electron chi connectivity index (χ2n) is 4.17. The minimum Gasteiger partial charge on any atom is -0.480 e. The van der Waals surface area contributed by atoms with E-state index in [2.05, 4.69) is 5.32 Å². The highest BCUT2D eigenvalue weighted by molar-refractivity contribution is 5.88. The maximum absolute atomic E-state index is 11.6. The van der Waals surface area contributed by atoms with Crippen LogP contribution in [-0.4, -0.2) is 46.9 Å². The fourth-order valence-electron chi connectivity index (χ4n) is 1.83. The van der Waals surface area contributed by atoms with E-state index in [0.717, 1.165) is 6.42 Å². The van der Waals surface area contributed by atoms with Crippen LogP contribution < -0.4 is 5.32 Å². The van der Waals surface area contributed by atoms with Gasteiger partial charge in [-0.3, -0.25) is 9.59 Å². The molecule has 0 saturated carbocycles. The molecule has 1 heterocycles. The minimum atomic E-state index is -1.03. The Morgan fingerprint density at radius 3 is 2.71 bits per heavy atom. The van der Waals surface area contributed by atoms with Crippen LogP contribution in [0.2, 0.25) is 0 Å². The van der Waals surface area contributed by atoms with Crippen molar-refractivity contribution in [3.63, 3.8) is 0 Å². The Labute approximate surface area is 100.0 Å². The van der Waals surface area contributed by atoms with Gasteiger partial charge in [0.05, 0.1) is 6.54 Å². The lowest BCUT2D eigenvalue weighted by atomic mass is 10.1. The van der Waals surface area contributed by atoms with Gasteiger partial charge in [0.2, 0.25) is 11.8 Å². The molecule has 0 spiro atoms. The Morgan fingerprint density at radius 1 is 1.53 bits per heavy atom. The first-order valence-electron chi connectivity index (χ1n) is 5.84. The first kappa shape index (κ1) is 13.5. The smallest absolute Gasteiger partial charge is 0.326 e. The number of likely N-dealkylation sites (tertiary alicyclic amines) is 1. The highest BCUT2D eigenvalue weighted by Gasteiger charge is 2.24. The van der Waals surface area contributed by atoms with Crippen LogP contribution in [0.5, 0.6) is 0 Å². The zero-order valence-electron chi connectivity index (χ0n) is 9.94. The third-order valence-electron chi connectivity index (χ3n) is 2.72. The summed E-state index contributed by atoms with van der Waals surface area (Å²) in [6.45, 7) is 2.40. The molecular weight excluding hydrogens is 224 g/mol. The van der Waals surface area contributed by atoms with E-state index in [9.17, 15) is 14.4 Å². The molecule has 2 N–H and O–H groups in total. The minimum absolute atomic E-state index is 0.0354. The van der Waals surface area contributed by atoms with Crippen LogP contribution in [0.1, 0.15) is 32.6 Å². The summed E-state index contributed by atoms with van der Waals surface area (Å²) in [4.78, 5) is 35.1. The zero-order chi connectivity index (χ0) is 12.8. The van der Waals surface area contributed by atoms with Gasteiger partial charge in [-0.15, -0.1) is 0 Å². The maximum Gasteiger partial charge on any atom is 0.326 e. The third kappa shape index (κ3) is 4.05. The number of carbonyl (C=O) groups excluding carboxylic acids is 2. The molecule has 6 nitrogen and oxygen atoms in total. The number of aliphatic carboxylic acids is 1. The molecule has 1 saturated heterocycles. The molecule has 96 valence electrons. The number of amides is 2. The fraction of sp³-hybridized carbons (Fsp3) is 0.727. The Morgan fingerprint density at radius 2 is 2.24 bits per heavy atom. The molecule has 0 radical (unpaired) electrons. The second kappa shape index (κ2) is 6.22. The molecular formula is C11H18N2O4. The molecule has 1 atom stereocenters. The van der Waals surface area contributed by atoms with Crippen LogP contribution in [0.3, 0.4) is 0 Å². The number of carboxylic acid groups (broad SMARTS) is 1. The van der Waals surface area contributed by atoms with Crippen LogP contribution in [-0.2, 0) is 14.4 Å². The molecule has 1 rings (SSSR count). The third-order valence-corrected chi connectivity index (χ3v) is 2.72. The molecule has 0 bridgehead atoms. The number of hydrogen-bond donors (Lipinski definition) is 2. The molecule has 17 heavy (non-hydrogen) atoms. The summed E-state index contributed by atoms with van der Waals surface area (Å²) in [5.74, 6) is -1.48. The fourth-order valence-corrected chi connectivity index (χ4v) is 1.83. The van der Waals surface area contributed by atoms with Gasteiger partial charge in [0.25, 0.3) is 0 Å². The molecule has 0 aromatic rings. The Balaban J connectivity index is 2.41. The van der Waals surface area contributed by atoms with Gasteiger partial charge in [-0.05, 0) is 12.8 Å². The summed E-state index contributed by atoms with van der Waals surface area (Å²) in [6.07, 6.45) is 2.32. The zero-order valence-corrected chi connectivity index (χ0v) is 9.94. The molecule has 1 aliphatic rings. The number of rotatable bonds is 6. The molecule has 0 aromatic heterocycles. The average molecular weight is 242 g/mol. The average Bonchev–Trinajstić information content (AvgIpc) is 2.63. The van der Waals surface area contributed by atoms with E-state index >= 15 is 0 Å². The van der Waals surface area contributed by atoms with Gasteiger partial charge in [-0.2, -0.15) is 0 Å². The molecule has 0 aromatic carbocycles. The lowest BCUT2D eigenvalue weighted by Crippen LogP contribution is -2.45. The predicted molar refractivity (Wildman–Crippen MR) is 60.3 cm³/mol. The van der Waals surface area contributed by atoms with Gasteiger partial charge in [-0.1, -0.05) is 13.3 Å². The van der Waals surface area contributed by atoms with Crippen LogP contribution in [0.4, 0.5) is 0 Å². The lowest BCUT2D eigenvalue weighted by Gasteiger charge is -2.18. The molecule has 2 amide bonds. The van der Waals surface area contributed by atoms with Crippen molar-refractivity contribution in [2.45, 2.75) is 38.6 Å². The summed E-state index contributed by atoms with van der Waals surface area (Å²) in [7, 11) is 0. The summed E-state index contributed by atoms with van der Waals surface area (Å²) in [6, 6.07) is -0.856. The number of nitrogens with one attached hydrogen (secondary N) is 1. The summed E-state index contributed by atoms with van der Waals surface area (Å²) in [5, 5.41) is 11.3. The lowest BCUT2D eigenvalue weighted by molar-refractivity contribution is -0.142. The van der Waals surface area contributed by atoms with Gasteiger partial charge in [-0.25, -0.2) is 4.79 Å². The van der Waals surface area contributed by atoms with Crippen molar-refractivity contribution in [2.75, 3.05) is 13.1 Å². The van der Waals surface area contributed by atoms with Crippen molar-refractivity contribution >= 4 is 17.8 Å². The summed E-state index contributed by atoms with van der Waals surface area (Å²) >= 11 is 0. The van der Waals surface area contributed by atoms with Gasteiger partial charge in [0.1, 0.15) is 6.04 Å². The van der Waals surface area contributed by atoms with Crippen molar-refractivity contribution in [2.24, 2.45) is 0 Å². The van der Waals surface area contributed by atoms with Crippen LogP contribution >= 0.6 is 0 Å². The highest BCUT2D eigenvalue weighted by Crippen LogP contribution is 2.08. The van der Waals surface area contributed by atoms with Gasteiger partial charge < -0.3 is 15.3 Å². The monoisotopic (exact) mass is 242 g/mol. The van der Waals surface area contributed by atoms with Crippen molar-refractivity contribution in [1.82, 2.24) is 10.2 Å². The van der Waals surface area contributed by atoms with E-state index < -0.39 is 17.9 Å². The van der Waals surface area contributed by atoms with Crippen LogP contribution in [0, 0.1) is 0 Å². The Hall–Kier alpha value is -1.59. The maximum atomic E-state index is 11.6. The first-order valence-corrected chi connectivity index (χ1v) is 5.84. The van der Waals surface area contributed by atoms with Crippen molar-refractivity contribution in [3.05, 3.63) is 0 Å². The Bertz CT molecular complexity index is 317. The molecule has 0 aliphatic carbocycles. The molecule has 1 unspecified atom stereocenters. The standard InChI is InChI=1S/C11H18N2O4/c1-2-4-8(11(16)17)12-9(14)7-13-6-3-5-10(13)15/h8H,2-7H2,1H3,(H,12,14)(H,16,17). The highest BCUT2D eigenvalue weighted by atomic mass is 16.4. The number of hydrogen-bond acceptors (Lipinski definition) is 3. The molecule has 1 fully saturated rings. The number of carbonyl (C=O) groups is 3. The van der Waals surface area contributed by atoms with E-state index in [1.807, 2.05) is 6.92 Å². The summed E-state index contributed by atoms with van der Waals surface area (Å²) < 4.78 is 0. The first-order chi connectivity index (χ1) is 8.04. The summed E-state index contributed by atoms with van der Waals surface area (Å²) in [5.41, 5.74) is 0. The van der Waals surface area contributed by atoms with Gasteiger partial charge >= 0.3 is 5.97 Å². The van der Waals surface area contributed by atoms with E-state index in [-0.39, 0.29) is 12.5 Å². The molecule has 1 aliphatic heterocycles. The van der Waals surface area contributed by atoms with Gasteiger partial charge in [0.15, 0.2) is 0 Å². The van der Waals surface area contributed by atoms with Crippen LogP contribution in [0.25, 0.3) is 0 Å². The van der Waals surface area contributed by atoms with Gasteiger partial charge in [0, 0.05) is 13.0 Å². The quantitative estimate of drug-likeness (QED) is 0.685. The second-order valence-corrected chi connectivity index (χ2v) is 4.17. The van der Waals surface area contributed by atoms with Crippen molar-refractivity contribution in [3.8, 4) is 0 Å². The van der Waals surface area contributed by atoms with Crippen molar-refractivity contribution < 1.29 is 19.5 Å².